The van der Waals surface area contributed by atoms with Crippen molar-refractivity contribution in [2.24, 2.45) is 0 Å². The average Bonchev–Trinajstić information content (AvgIpc) is 2.90. The second-order valence-electron chi connectivity index (χ2n) is 5.98. The molecule has 1 amide bonds. The largest absolute Gasteiger partial charge is 0.396 e. The number of nitrogens with zero attached hydrogens (tertiary/aromatic N) is 2. The van der Waals surface area contributed by atoms with E-state index in [0.29, 0.717) is 25.9 Å². The smallest absolute Gasteiger partial charge is 0.222 e. The maximum absolute atomic E-state index is 11.6. The summed E-state index contributed by atoms with van der Waals surface area (Å²) in [5.41, 5.74) is 1.13. The number of benzene rings is 1. The molecule has 1 fully saturated rings. The third kappa shape index (κ3) is 4.53. The molecule has 0 aromatic heterocycles. The van der Waals surface area contributed by atoms with Gasteiger partial charge < -0.3 is 15.1 Å². The Morgan fingerprint density at radius 3 is 2.64 bits per heavy atom. The summed E-state index contributed by atoms with van der Waals surface area (Å²) in [4.78, 5) is 15.4. The van der Waals surface area contributed by atoms with Gasteiger partial charge in [0.25, 0.3) is 0 Å². The van der Waals surface area contributed by atoms with E-state index in [4.69, 9.17) is 0 Å². The molecule has 2 rings (SSSR count). The number of rotatable bonds is 8. The van der Waals surface area contributed by atoms with Crippen LogP contribution in [0.4, 0.5) is 0 Å². The number of carbonyl (C=O) groups is 1. The maximum atomic E-state index is 11.6. The van der Waals surface area contributed by atoms with E-state index in [9.17, 15) is 15.0 Å². The summed E-state index contributed by atoms with van der Waals surface area (Å²) in [5, 5.41) is 19.6. The molecule has 0 radical (unpaired) electrons. The number of β-amino-alcohol motifs (C(OH)–C–C–N with tert-alkyl or cyclic N) is 1. The summed E-state index contributed by atoms with van der Waals surface area (Å²) in [6, 6.07) is 10.1. The van der Waals surface area contributed by atoms with Crippen LogP contribution in [0.2, 0.25) is 0 Å². The Hall–Kier alpha value is -1.43. The van der Waals surface area contributed by atoms with E-state index in [0.717, 1.165) is 18.5 Å². The van der Waals surface area contributed by atoms with Crippen LogP contribution in [0.5, 0.6) is 0 Å². The van der Waals surface area contributed by atoms with Gasteiger partial charge in [0.2, 0.25) is 5.91 Å². The molecule has 2 atom stereocenters. The predicted octanol–water partition coefficient (Wildman–Crippen LogP) is 1.03. The van der Waals surface area contributed by atoms with Crippen LogP contribution in [0.15, 0.2) is 30.3 Å². The van der Waals surface area contributed by atoms with Gasteiger partial charge in [0, 0.05) is 38.7 Å². The Bertz CT molecular complexity index is 466. The van der Waals surface area contributed by atoms with Gasteiger partial charge >= 0.3 is 0 Å². The van der Waals surface area contributed by atoms with E-state index in [-0.39, 0.29) is 18.6 Å². The molecule has 1 aliphatic rings. The van der Waals surface area contributed by atoms with Crippen molar-refractivity contribution in [1.82, 2.24) is 9.80 Å². The first-order valence-corrected chi connectivity index (χ1v) is 7.93. The minimum Gasteiger partial charge on any atom is -0.396 e. The lowest BCUT2D eigenvalue weighted by atomic mass is 10.0. The quantitative estimate of drug-likeness (QED) is 0.753. The molecule has 1 saturated heterocycles. The van der Waals surface area contributed by atoms with Crippen molar-refractivity contribution in [3.05, 3.63) is 35.9 Å². The topological polar surface area (TPSA) is 64.0 Å². The van der Waals surface area contributed by atoms with E-state index in [1.807, 2.05) is 37.4 Å². The van der Waals surface area contributed by atoms with Crippen LogP contribution in [0.3, 0.4) is 0 Å². The SMILES string of the molecule is CN(CC(O)CN1CCCC1=O)C(CCO)c1ccccc1. The number of hydrogen-bond acceptors (Lipinski definition) is 4. The van der Waals surface area contributed by atoms with Crippen LogP contribution >= 0.6 is 0 Å². The monoisotopic (exact) mass is 306 g/mol. The molecular formula is C17H26N2O3. The molecule has 5 nitrogen and oxygen atoms in total. The molecule has 122 valence electrons. The zero-order valence-corrected chi connectivity index (χ0v) is 13.2. The minimum atomic E-state index is -0.572. The number of amides is 1. The summed E-state index contributed by atoms with van der Waals surface area (Å²) in [6.45, 7) is 1.72. The molecule has 0 saturated carbocycles. The normalized spacial score (nSPS) is 18.0. The molecule has 2 unspecified atom stereocenters. The lowest BCUT2D eigenvalue weighted by molar-refractivity contribution is -0.129. The lowest BCUT2D eigenvalue weighted by Crippen LogP contribution is -2.40. The molecule has 1 aromatic carbocycles. The van der Waals surface area contributed by atoms with Crippen LogP contribution in [-0.2, 0) is 4.79 Å². The molecule has 1 heterocycles. The molecule has 0 bridgehead atoms. The third-order valence-electron chi connectivity index (χ3n) is 4.22. The molecular weight excluding hydrogens is 280 g/mol. The van der Waals surface area contributed by atoms with Crippen LogP contribution in [0.1, 0.15) is 30.9 Å². The fourth-order valence-electron chi connectivity index (χ4n) is 3.11. The first-order chi connectivity index (χ1) is 10.6. The van der Waals surface area contributed by atoms with Gasteiger partial charge in [-0.1, -0.05) is 30.3 Å². The first kappa shape index (κ1) is 16.9. The average molecular weight is 306 g/mol. The summed E-state index contributed by atoms with van der Waals surface area (Å²) < 4.78 is 0. The molecule has 0 aliphatic carbocycles. The molecule has 0 spiro atoms. The van der Waals surface area contributed by atoms with Crippen molar-refractivity contribution in [1.29, 1.82) is 0 Å². The Balaban J connectivity index is 1.92. The van der Waals surface area contributed by atoms with Gasteiger partial charge in [-0.3, -0.25) is 9.69 Å². The number of hydrogen-bond donors (Lipinski definition) is 2. The van der Waals surface area contributed by atoms with E-state index in [2.05, 4.69) is 4.90 Å². The second kappa shape index (κ2) is 8.27. The first-order valence-electron chi connectivity index (χ1n) is 7.93. The maximum Gasteiger partial charge on any atom is 0.222 e. The Morgan fingerprint density at radius 1 is 1.32 bits per heavy atom. The Labute approximate surface area is 132 Å². The van der Waals surface area contributed by atoms with Crippen LogP contribution in [0, 0.1) is 0 Å². The molecule has 2 N–H and O–H groups in total. The number of likely N-dealkylation sites (tertiary alicyclic amines) is 1. The van der Waals surface area contributed by atoms with Gasteiger partial charge in [-0.25, -0.2) is 0 Å². The Morgan fingerprint density at radius 2 is 2.05 bits per heavy atom. The molecule has 1 aliphatic heterocycles. The highest BCUT2D eigenvalue weighted by Gasteiger charge is 2.25. The number of aliphatic hydroxyl groups is 2. The second-order valence-corrected chi connectivity index (χ2v) is 5.98. The third-order valence-corrected chi connectivity index (χ3v) is 4.22. The summed E-state index contributed by atoms with van der Waals surface area (Å²) in [6.07, 6.45) is 1.53. The van der Waals surface area contributed by atoms with Crippen molar-refractivity contribution >= 4 is 5.91 Å². The van der Waals surface area contributed by atoms with Gasteiger partial charge in [0.1, 0.15) is 0 Å². The standard InChI is InChI=1S/C17H26N2O3/c1-18(12-15(21)13-19-10-5-8-17(19)22)16(9-11-20)14-6-3-2-4-7-14/h2-4,6-7,15-16,20-21H,5,8-13H2,1H3. The zero-order chi connectivity index (χ0) is 15.9. The molecule has 22 heavy (non-hydrogen) atoms. The van der Waals surface area contributed by atoms with Crippen LogP contribution < -0.4 is 0 Å². The summed E-state index contributed by atoms with van der Waals surface area (Å²) >= 11 is 0. The molecule has 5 heteroatoms. The summed E-state index contributed by atoms with van der Waals surface area (Å²) in [7, 11) is 1.95. The van der Waals surface area contributed by atoms with Crippen molar-refractivity contribution < 1.29 is 15.0 Å². The van der Waals surface area contributed by atoms with Crippen molar-refractivity contribution in [3.63, 3.8) is 0 Å². The number of likely N-dealkylation sites (N-methyl/N-ethyl adjacent to an activating group) is 1. The fourth-order valence-corrected chi connectivity index (χ4v) is 3.11. The highest BCUT2D eigenvalue weighted by atomic mass is 16.3. The lowest BCUT2D eigenvalue weighted by Gasteiger charge is -2.31. The van der Waals surface area contributed by atoms with Crippen molar-refractivity contribution in [2.45, 2.75) is 31.4 Å². The Kier molecular flexibility index (Phi) is 6.36. The van der Waals surface area contributed by atoms with Gasteiger partial charge in [-0.05, 0) is 25.5 Å². The fraction of sp³-hybridized carbons (Fsp3) is 0.588. The van der Waals surface area contributed by atoms with Gasteiger partial charge in [0.05, 0.1) is 6.10 Å². The zero-order valence-electron chi connectivity index (χ0n) is 13.2. The van der Waals surface area contributed by atoms with Gasteiger partial charge in [0.15, 0.2) is 0 Å². The van der Waals surface area contributed by atoms with Gasteiger partial charge in [-0.15, -0.1) is 0 Å². The van der Waals surface area contributed by atoms with Crippen molar-refractivity contribution in [3.8, 4) is 0 Å². The number of carbonyl (C=O) groups excluding carboxylic acids is 1. The molecule has 1 aromatic rings. The van der Waals surface area contributed by atoms with Gasteiger partial charge in [-0.2, -0.15) is 0 Å². The van der Waals surface area contributed by atoms with E-state index in [1.165, 1.54) is 0 Å². The van der Waals surface area contributed by atoms with E-state index in [1.54, 1.807) is 4.90 Å². The summed E-state index contributed by atoms with van der Waals surface area (Å²) in [5.74, 6) is 0.136. The van der Waals surface area contributed by atoms with Crippen LogP contribution in [-0.4, -0.2) is 65.3 Å². The minimum absolute atomic E-state index is 0.0649. The number of aliphatic hydroxyl groups excluding tert-OH is 2. The highest BCUT2D eigenvalue weighted by molar-refractivity contribution is 5.78. The highest BCUT2D eigenvalue weighted by Crippen LogP contribution is 2.23. The van der Waals surface area contributed by atoms with Crippen LogP contribution in [0.25, 0.3) is 0 Å². The predicted molar refractivity (Wildman–Crippen MR) is 85.3 cm³/mol. The van der Waals surface area contributed by atoms with E-state index >= 15 is 0 Å². The van der Waals surface area contributed by atoms with Crippen molar-refractivity contribution in [2.75, 3.05) is 33.3 Å². The van der Waals surface area contributed by atoms with E-state index < -0.39 is 6.10 Å².